The summed E-state index contributed by atoms with van der Waals surface area (Å²) in [5, 5.41) is 0.520. The van der Waals surface area contributed by atoms with Crippen molar-refractivity contribution < 1.29 is 13.2 Å². The first-order chi connectivity index (χ1) is 9.77. The molecule has 0 spiro atoms. The van der Waals surface area contributed by atoms with Crippen molar-refractivity contribution in [2.75, 3.05) is 5.75 Å². The van der Waals surface area contributed by atoms with Gasteiger partial charge in [0.15, 0.2) is 15.6 Å². The van der Waals surface area contributed by atoms with Crippen LogP contribution in [0.4, 0.5) is 0 Å². The van der Waals surface area contributed by atoms with Gasteiger partial charge < -0.3 is 0 Å². The predicted octanol–water partition coefficient (Wildman–Crippen LogP) is 4.51. The van der Waals surface area contributed by atoms with Crippen molar-refractivity contribution in [1.82, 2.24) is 0 Å². The highest BCUT2D eigenvalue weighted by Gasteiger charge is 2.22. The van der Waals surface area contributed by atoms with Crippen LogP contribution in [0.1, 0.15) is 15.9 Å². The Bertz CT molecular complexity index is 764. The zero-order valence-corrected chi connectivity index (χ0v) is 14.4. The van der Waals surface area contributed by atoms with E-state index in [-0.39, 0.29) is 15.7 Å². The maximum atomic E-state index is 12.1. The molecule has 0 amide bonds. The van der Waals surface area contributed by atoms with Crippen LogP contribution in [0.3, 0.4) is 0 Å². The Kier molecular flexibility index (Phi) is 5.33. The van der Waals surface area contributed by atoms with E-state index in [0.717, 1.165) is 11.3 Å². The Balaban J connectivity index is 2.12. The van der Waals surface area contributed by atoms with Crippen molar-refractivity contribution in [1.29, 1.82) is 0 Å². The van der Waals surface area contributed by atoms with Crippen molar-refractivity contribution in [3.63, 3.8) is 0 Å². The summed E-state index contributed by atoms with van der Waals surface area (Å²) in [5.41, 5.74) is 0.716. The number of Topliss-reactive ketones (excluding diaryl/α,β-unsaturated/α-hetero) is 1. The third-order valence-corrected chi connectivity index (χ3v) is 5.82. The van der Waals surface area contributed by atoms with Crippen molar-refractivity contribution >= 4 is 61.8 Å². The maximum Gasteiger partial charge on any atom is 0.180 e. The average molecular weight is 384 g/mol. The summed E-state index contributed by atoms with van der Waals surface area (Å²) >= 11 is 18.4. The van der Waals surface area contributed by atoms with Gasteiger partial charge in [0, 0.05) is 10.6 Å². The largest absolute Gasteiger partial charge is 0.293 e. The molecule has 21 heavy (non-hydrogen) atoms. The molecule has 0 saturated carbocycles. The number of halogens is 3. The minimum absolute atomic E-state index is 0.145. The number of carbonyl (C=O) groups excluding carboxylic acids is 1. The zero-order chi connectivity index (χ0) is 15.6. The number of ketones is 1. The average Bonchev–Trinajstić information content (AvgIpc) is 2.70. The molecule has 1 aromatic heterocycles. The van der Waals surface area contributed by atoms with Crippen LogP contribution in [-0.2, 0) is 15.6 Å². The number of benzene rings is 1. The second kappa shape index (κ2) is 6.67. The van der Waals surface area contributed by atoms with E-state index in [4.69, 9.17) is 34.8 Å². The number of rotatable bonds is 5. The van der Waals surface area contributed by atoms with E-state index in [9.17, 15) is 13.2 Å². The van der Waals surface area contributed by atoms with Gasteiger partial charge in [0.25, 0.3) is 0 Å². The summed E-state index contributed by atoms with van der Waals surface area (Å²) in [5.74, 6) is -1.40. The van der Waals surface area contributed by atoms with Crippen molar-refractivity contribution in [3.8, 4) is 0 Å². The molecule has 0 fully saturated rings. The molecule has 1 aromatic carbocycles. The number of thiophene rings is 1. The molecule has 1 heterocycles. The first-order valence-electron chi connectivity index (χ1n) is 5.70. The van der Waals surface area contributed by atoms with Crippen molar-refractivity contribution in [3.05, 3.63) is 55.2 Å². The Morgan fingerprint density at radius 2 is 1.71 bits per heavy atom. The van der Waals surface area contributed by atoms with Gasteiger partial charge in [-0.05, 0) is 23.8 Å². The predicted molar refractivity (Wildman–Crippen MR) is 87.6 cm³/mol. The van der Waals surface area contributed by atoms with Crippen LogP contribution in [-0.4, -0.2) is 20.0 Å². The quantitative estimate of drug-likeness (QED) is 0.714. The highest BCUT2D eigenvalue weighted by molar-refractivity contribution is 7.91. The molecule has 0 aliphatic rings. The van der Waals surface area contributed by atoms with Gasteiger partial charge in [-0.25, -0.2) is 8.42 Å². The SMILES string of the molecule is O=C(CS(=O)(=O)Cc1ccc(Cl)cc1)c1cc(Cl)sc1Cl. The Labute approximate surface area is 141 Å². The van der Waals surface area contributed by atoms with E-state index in [2.05, 4.69) is 0 Å². The highest BCUT2D eigenvalue weighted by Crippen LogP contribution is 2.31. The van der Waals surface area contributed by atoms with E-state index in [0.29, 0.717) is 14.9 Å². The van der Waals surface area contributed by atoms with Gasteiger partial charge in [-0.3, -0.25) is 4.79 Å². The Hall–Kier alpha value is -0.590. The number of hydrogen-bond acceptors (Lipinski definition) is 4. The van der Waals surface area contributed by atoms with E-state index >= 15 is 0 Å². The summed E-state index contributed by atoms with van der Waals surface area (Å²) in [6.07, 6.45) is 0. The molecular formula is C13H9Cl3O3S2. The fraction of sp³-hybridized carbons (Fsp3) is 0.154. The van der Waals surface area contributed by atoms with Gasteiger partial charge in [-0.1, -0.05) is 46.9 Å². The summed E-state index contributed by atoms with van der Waals surface area (Å²) in [4.78, 5) is 12.0. The maximum absolute atomic E-state index is 12.1. The standard InChI is InChI=1S/C13H9Cl3O3S2/c14-9-3-1-8(2-4-9)6-21(18,19)7-11(17)10-5-12(15)20-13(10)16/h1-5H,6-7H2. The molecule has 0 saturated heterocycles. The van der Waals surface area contributed by atoms with E-state index in [1.165, 1.54) is 6.07 Å². The molecule has 8 heteroatoms. The molecular weight excluding hydrogens is 375 g/mol. The second-order valence-corrected chi connectivity index (χ2v) is 9.11. The lowest BCUT2D eigenvalue weighted by molar-refractivity contribution is 0.102. The van der Waals surface area contributed by atoms with Crippen LogP contribution < -0.4 is 0 Å². The molecule has 0 bridgehead atoms. The van der Waals surface area contributed by atoms with Crippen LogP contribution in [0.5, 0.6) is 0 Å². The first kappa shape index (κ1) is 16.8. The molecule has 112 valence electrons. The molecule has 3 nitrogen and oxygen atoms in total. The lowest BCUT2D eigenvalue weighted by Gasteiger charge is -2.04. The fourth-order valence-electron chi connectivity index (χ4n) is 1.69. The van der Waals surface area contributed by atoms with E-state index < -0.39 is 21.4 Å². The Morgan fingerprint density at radius 3 is 2.24 bits per heavy atom. The van der Waals surface area contributed by atoms with Crippen LogP contribution in [0.25, 0.3) is 0 Å². The van der Waals surface area contributed by atoms with Gasteiger partial charge in [0.2, 0.25) is 0 Å². The topological polar surface area (TPSA) is 51.2 Å². The molecule has 2 rings (SSSR count). The monoisotopic (exact) mass is 382 g/mol. The van der Waals surface area contributed by atoms with Crippen LogP contribution >= 0.6 is 46.1 Å². The van der Waals surface area contributed by atoms with Gasteiger partial charge in [-0.15, -0.1) is 11.3 Å². The van der Waals surface area contributed by atoms with Crippen molar-refractivity contribution in [2.24, 2.45) is 0 Å². The molecule has 0 aliphatic carbocycles. The third-order valence-electron chi connectivity index (χ3n) is 2.61. The summed E-state index contributed by atoms with van der Waals surface area (Å²) in [7, 11) is -3.59. The number of sulfone groups is 1. The van der Waals surface area contributed by atoms with Gasteiger partial charge >= 0.3 is 0 Å². The van der Waals surface area contributed by atoms with E-state index in [1.807, 2.05) is 0 Å². The number of hydrogen-bond donors (Lipinski definition) is 0. The van der Waals surface area contributed by atoms with Crippen LogP contribution in [0.2, 0.25) is 13.7 Å². The smallest absolute Gasteiger partial charge is 0.180 e. The highest BCUT2D eigenvalue weighted by atomic mass is 35.5. The third kappa shape index (κ3) is 4.69. The summed E-state index contributed by atoms with van der Waals surface area (Å²) in [6.45, 7) is 0. The molecule has 0 N–H and O–H groups in total. The van der Waals surface area contributed by atoms with E-state index in [1.54, 1.807) is 24.3 Å². The van der Waals surface area contributed by atoms with Crippen LogP contribution in [0, 0.1) is 0 Å². The Morgan fingerprint density at radius 1 is 1.10 bits per heavy atom. The molecule has 0 atom stereocenters. The van der Waals surface area contributed by atoms with Gasteiger partial charge in [0.1, 0.15) is 10.1 Å². The first-order valence-corrected chi connectivity index (χ1v) is 9.47. The van der Waals surface area contributed by atoms with Gasteiger partial charge in [0.05, 0.1) is 10.1 Å². The lowest BCUT2D eigenvalue weighted by Crippen LogP contribution is -2.17. The van der Waals surface area contributed by atoms with Gasteiger partial charge in [-0.2, -0.15) is 0 Å². The fourth-order valence-corrected chi connectivity index (χ4v) is 4.68. The number of carbonyl (C=O) groups is 1. The minimum atomic E-state index is -3.59. The summed E-state index contributed by atoms with van der Waals surface area (Å²) in [6, 6.07) is 7.81. The molecule has 2 aromatic rings. The molecule has 0 aliphatic heterocycles. The lowest BCUT2D eigenvalue weighted by atomic mass is 10.2. The van der Waals surface area contributed by atoms with Crippen molar-refractivity contribution in [2.45, 2.75) is 5.75 Å². The summed E-state index contributed by atoms with van der Waals surface area (Å²) < 4.78 is 24.7. The minimum Gasteiger partial charge on any atom is -0.293 e. The second-order valence-electron chi connectivity index (χ2n) is 4.32. The normalized spacial score (nSPS) is 11.6. The van der Waals surface area contributed by atoms with Crippen LogP contribution in [0.15, 0.2) is 30.3 Å². The molecule has 0 unspecified atom stereocenters. The molecule has 0 radical (unpaired) electrons. The zero-order valence-electron chi connectivity index (χ0n) is 10.5.